The van der Waals surface area contributed by atoms with Crippen molar-refractivity contribution < 1.29 is 18.8 Å². The number of quaternary nitrogens is 1. The monoisotopic (exact) mass is 514 g/mol. The summed E-state index contributed by atoms with van der Waals surface area (Å²) in [6.07, 6.45) is 1.35. The van der Waals surface area contributed by atoms with Crippen LogP contribution in [0.1, 0.15) is 39.7 Å². The smallest absolute Gasteiger partial charge is 0.315 e. The van der Waals surface area contributed by atoms with Crippen LogP contribution in [-0.4, -0.2) is 42.4 Å². The Morgan fingerprint density at radius 3 is 2.06 bits per heavy atom. The number of esters is 1. The summed E-state index contributed by atoms with van der Waals surface area (Å²) in [5.74, 6) is 0.0780. The molecule has 4 nitrogen and oxygen atoms in total. The normalized spacial score (nSPS) is 23.7. The summed E-state index contributed by atoms with van der Waals surface area (Å²) in [5.41, 5.74) is 1.72. The van der Waals surface area contributed by atoms with Crippen molar-refractivity contribution in [3.05, 3.63) is 92.1 Å². The Labute approximate surface area is 213 Å². The van der Waals surface area contributed by atoms with Gasteiger partial charge in [0.2, 0.25) is 5.78 Å². The number of carbonyl (C=O) groups is 2. The molecule has 176 valence electrons. The molecule has 0 N–H and O–H groups in total. The number of piperidine rings is 3. The van der Waals surface area contributed by atoms with Crippen LogP contribution in [0.5, 0.6) is 0 Å². The van der Waals surface area contributed by atoms with Gasteiger partial charge in [-0.1, -0.05) is 53.5 Å². The predicted molar refractivity (Wildman–Crippen MR) is 135 cm³/mol. The second-order valence-electron chi connectivity index (χ2n) is 9.39. The third-order valence-corrected chi connectivity index (χ3v) is 8.67. The van der Waals surface area contributed by atoms with Gasteiger partial charge in [-0.25, -0.2) is 0 Å². The second kappa shape index (κ2) is 9.82. The van der Waals surface area contributed by atoms with Gasteiger partial charge in [-0.3, -0.25) is 9.59 Å². The van der Waals surface area contributed by atoms with Gasteiger partial charge >= 0.3 is 5.97 Å². The number of fused-ring (bicyclic) bond motifs is 3. The maximum atomic E-state index is 13.6. The lowest BCUT2D eigenvalue weighted by molar-refractivity contribution is -0.938. The second-order valence-corrected chi connectivity index (χ2v) is 11.2. The number of Topliss-reactive ketones (excluding diaryl/α,β-unsaturated/α-hetero) is 1. The van der Waals surface area contributed by atoms with E-state index in [9.17, 15) is 9.59 Å². The summed E-state index contributed by atoms with van der Waals surface area (Å²) >= 11 is 13.7. The summed E-state index contributed by atoms with van der Waals surface area (Å²) < 4.78 is 6.88. The zero-order valence-electron chi connectivity index (χ0n) is 18.7. The van der Waals surface area contributed by atoms with Crippen molar-refractivity contribution in [3.63, 3.8) is 0 Å². The highest BCUT2D eigenvalue weighted by molar-refractivity contribution is 7.12. The minimum atomic E-state index is -0.543. The average molecular weight is 515 g/mol. The van der Waals surface area contributed by atoms with E-state index in [1.165, 1.54) is 11.3 Å². The van der Waals surface area contributed by atoms with E-state index in [1.807, 2.05) is 41.8 Å². The number of thiophene rings is 1. The molecule has 3 aliphatic heterocycles. The molecule has 3 saturated heterocycles. The first-order valence-corrected chi connectivity index (χ1v) is 13.2. The van der Waals surface area contributed by atoms with Crippen LogP contribution in [0.25, 0.3) is 0 Å². The fourth-order valence-corrected chi connectivity index (χ4v) is 6.31. The van der Waals surface area contributed by atoms with E-state index in [2.05, 4.69) is 0 Å². The molecule has 2 bridgehead atoms. The summed E-state index contributed by atoms with van der Waals surface area (Å²) in [6, 6.07) is 18.6. The molecule has 0 spiro atoms. The van der Waals surface area contributed by atoms with Crippen LogP contribution in [0.4, 0.5) is 0 Å². The standard InChI is InChI=1S/C27H26Cl2NO3S/c28-21-7-3-19(4-8-21)26(20-5-9-22(29)10-6-20)33-27(32)23-16-30(13-11-18(23)12-14-30)17-24(31)25-2-1-15-34-25/h1-10,15,18,23,26H,11-14,16-17H2/q+1. The summed E-state index contributed by atoms with van der Waals surface area (Å²) in [4.78, 5) is 27.3. The summed E-state index contributed by atoms with van der Waals surface area (Å²) in [7, 11) is 0. The van der Waals surface area contributed by atoms with Gasteiger partial charge in [0.05, 0.1) is 24.5 Å². The molecule has 34 heavy (non-hydrogen) atoms. The van der Waals surface area contributed by atoms with Gasteiger partial charge in [-0.2, -0.15) is 0 Å². The van der Waals surface area contributed by atoms with Gasteiger partial charge in [0, 0.05) is 22.9 Å². The number of hydrogen-bond acceptors (Lipinski definition) is 4. The van der Waals surface area contributed by atoms with Gasteiger partial charge in [-0.15, -0.1) is 11.3 Å². The van der Waals surface area contributed by atoms with E-state index in [1.54, 1.807) is 24.3 Å². The van der Waals surface area contributed by atoms with Gasteiger partial charge in [0.15, 0.2) is 6.10 Å². The molecule has 1 atom stereocenters. The number of nitrogens with zero attached hydrogens (tertiary/aromatic N) is 1. The zero-order chi connectivity index (χ0) is 23.7. The Morgan fingerprint density at radius 1 is 0.941 bits per heavy atom. The topological polar surface area (TPSA) is 43.4 Å². The molecular formula is C27H26Cl2NO3S+. The van der Waals surface area contributed by atoms with Crippen molar-refractivity contribution >= 4 is 46.3 Å². The molecule has 2 aromatic carbocycles. The van der Waals surface area contributed by atoms with Crippen molar-refractivity contribution in [2.75, 3.05) is 26.2 Å². The molecule has 0 radical (unpaired) electrons. The fourth-order valence-electron chi connectivity index (χ4n) is 5.40. The highest BCUT2D eigenvalue weighted by Crippen LogP contribution is 2.40. The number of carbonyl (C=O) groups excluding carboxylic acids is 2. The van der Waals surface area contributed by atoms with Crippen molar-refractivity contribution in [3.8, 4) is 0 Å². The van der Waals surface area contributed by atoms with E-state index in [4.69, 9.17) is 27.9 Å². The first-order chi connectivity index (χ1) is 16.4. The number of rotatable bonds is 7. The van der Waals surface area contributed by atoms with Crippen LogP contribution < -0.4 is 0 Å². The van der Waals surface area contributed by atoms with Crippen LogP contribution in [0.15, 0.2) is 66.0 Å². The van der Waals surface area contributed by atoms with Gasteiger partial charge in [0.25, 0.3) is 0 Å². The van der Waals surface area contributed by atoms with E-state index in [-0.39, 0.29) is 17.7 Å². The molecule has 1 unspecified atom stereocenters. The van der Waals surface area contributed by atoms with E-state index < -0.39 is 6.10 Å². The molecular weight excluding hydrogens is 489 g/mol. The highest BCUT2D eigenvalue weighted by atomic mass is 35.5. The van der Waals surface area contributed by atoms with E-state index >= 15 is 0 Å². The fraction of sp³-hybridized carbons (Fsp3) is 0.333. The zero-order valence-corrected chi connectivity index (χ0v) is 21.0. The Balaban J connectivity index is 1.36. The summed E-state index contributed by atoms with van der Waals surface area (Å²) in [6.45, 7) is 3.01. The van der Waals surface area contributed by atoms with Crippen molar-refractivity contribution in [2.45, 2.75) is 18.9 Å². The third kappa shape index (κ3) is 4.94. The quantitative estimate of drug-likeness (QED) is 0.207. The number of ether oxygens (including phenoxy) is 1. The molecule has 3 fully saturated rings. The Bertz CT molecular complexity index is 1110. The van der Waals surface area contributed by atoms with E-state index in [0.717, 1.165) is 41.9 Å². The number of halogens is 2. The average Bonchev–Trinajstić information content (AvgIpc) is 3.40. The highest BCUT2D eigenvalue weighted by Gasteiger charge is 2.50. The summed E-state index contributed by atoms with van der Waals surface area (Å²) in [5, 5.41) is 3.19. The number of hydrogen-bond donors (Lipinski definition) is 0. The molecule has 0 aliphatic carbocycles. The van der Waals surface area contributed by atoms with Crippen molar-refractivity contribution in [1.29, 1.82) is 0 Å². The first kappa shape index (κ1) is 23.6. The minimum Gasteiger partial charge on any atom is -0.452 e. The number of ketones is 1. The first-order valence-electron chi connectivity index (χ1n) is 11.6. The van der Waals surface area contributed by atoms with Crippen LogP contribution >= 0.6 is 34.5 Å². The Morgan fingerprint density at radius 2 is 1.53 bits per heavy atom. The van der Waals surface area contributed by atoms with Gasteiger partial charge < -0.3 is 9.22 Å². The molecule has 7 heteroatoms. The largest absolute Gasteiger partial charge is 0.452 e. The third-order valence-electron chi connectivity index (χ3n) is 7.26. The molecule has 0 amide bonds. The van der Waals surface area contributed by atoms with Gasteiger partial charge in [-0.05, 0) is 52.8 Å². The van der Waals surface area contributed by atoms with Crippen LogP contribution in [0, 0.1) is 11.8 Å². The Hall–Kier alpha value is -2.18. The van der Waals surface area contributed by atoms with E-state index in [0.29, 0.717) is 33.5 Å². The van der Waals surface area contributed by atoms with Crippen LogP contribution in [0.3, 0.4) is 0 Å². The SMILES string of the molecule is O=C(C[N+]12CCC(CC1)C(C(=O)OC(c1ccc(Cl)cc1)c1ccc(Cl)cc1)C2)c1cccs1. The molecule has 0 saturated carbocycles. The maximum absolute atomic E-state index is 13.6. The maximum Gasteiger partial charge on any atom is 0.315 e. The van der Waals surface area contributed by atoms with Crippen LogP contribution in [-0.2, 0) is 9.53 Å². The number of benzene rings is 2. The van der Waals surface area contributed by atoms with Crippen LogP contribution in [0.2, 0.25) is 10.0 Å². The lowest BCUT2D eigenvalue weighted by Gasteiger charge is -2.51. The van der Waals surface area contributed by atoms with Gasteiger partial charge in [0.1, 0.15) is 12.5 Å². The molecule has 3 aliphatic rings. The molecule has 6 rings (SSSR count). The van der Waals surface area contributed by atoms with Crippen molar-refractivity contribution in [1.82, 2.24) is 0 Å². The lowest BCUT2D eigenvalue weighted by Crippen LogP contribution is -2.64. The Kier molecular flexibility index (Phi) is 6.81. The lowest BCUT2D eigenvalue weighted by atomic mass is 9.77. The molecule has 1 aromatic heterocycles. The molecule has 3 aromatic rings. The van der Waals surface area contributed by atoms with Crippen molar-refractivity contribution in [2.24, 2.45) is 11.8 Å². The molecule has 4 heterocycles. The predicted octanol–water partition coefficient (Wildman–Crippen LogP) is 6.43. The minimum absolute atomic E-state index is 0.169.